The van der Waals surface area contributed by atoms with Gasteiger partial charge < -0.3 is 5.32 Å². The third-order valence-electron chi connectivity index (χ3n) is 8.99. The largest absolute Gasteiger partial charge is 0.337 e. The van der Waals surface area contributed by atoms with Crippen LogP contribution >= 0.6 is 11.8 Å². The zero-order valence-corrected chi connectivity index (χ0v) is 19.8. The van der Waals surface area contributed by atoms with Gasteiger partial charge in [0.15, 0.2) is 5.82 Å². The lowest BCUT2D eigenvalue weighted by molar-refractivity contribution is -0.179. The Morgan fingerprint density at radius 2 is 1.84 bits per heavy atom. The summed E-state index contributed by atoms with van der Waals surface area (Å²) in [4.78, 5) is 12.9. The second-order valence-corrected chi connectivity index (χ2v) is 11.8. The molecule has 1 N–H and O–H groups in total. The minimum absolute atomic E-state index is 0.657. The molecule has 2 aliphatic heterocycles. The van der Waals surface area contributed by atoms with Gasteiger partial charge in [-0.25, -0.2) is 9.97 Å². The minimum atomic E-state index is 0.657. The van der Waals surface area contributed by atoms with E-state index in [1.165, 1.54) is 54.9 Å². The average Bonchev–Trinajstić information content (AvgIpc) is 2.74. The van der Waals surface area contributed by atoms with Crippen LogP contribution in [0.5, 0.6) is 0 Å². The van der Waals surface area contributed by atoms with Gasteiger partial charge in [0.05, 0.1) is 5.69 Å². The molecule has 2 saturated carbocycles. The van der Waals surface area contributed by atoms with E-state index in [0.717, 1.165) is 47.0 Å². The van der Waals surface area contributed by atoms with Crippen LogP contribution in [0, 0.1) is 35.0 Å². The van der Waals surface area contributed by atoms with Crippen molar-refractivity contribution in [3.05, 3.63) is 36.2 Å². The standard InChI is InChI=1S/C26H34N4S/c1-4-18-11-26(12-18)20-14-30(15-21(26)17(3)9-16(20)2)13-19-5-6-23-22(10-19)29-24-25(31-23)28-8-7-27-24/h5-8,10,16-18,20-21H,4,9,11-15H2,1-3H3,(H,27,29). The SMILES string of the molecule is CCC1CC2(C1)C1CN(Cc3ccc4c(c3)Nc3nccnc3S4)CC2C(C)CC1C. The first kappa shape index (κ1) is 20.0. The summed E-state index contributed by atoms with van der Waals surface area (Å²) in [6, 6.07) is 6.91. The highest BCUT2D eigenvalue weighted by atomic mass is 32.2. The van der Waals surface area contributed by atoms with E-state index in [-0.39, 0.29) is 0 Å². The van der Waals surface area contributed by atoms with Crippen LogP contribution in [-0.4, -0.2) is 28.0 Å². The number of rotatable bonds is 3. The van der Waals surface area contributed by atoms with Crippen molar-refractivity contribution in [1.29, 1.82) is 0 Å². The van der Waals surface area contributed by atoms with Crippen molar-refractivity contribution in [2.75, 3.05) is 18.4 Å². The number of benzene rings is 1. The van der Waals surface area contributed by atoms with E-state index in [4.69, 9.17) is 0 Å². The topological polar surface area (TPSA) is 41.0 Å². The molecule has 1 spiro atoms. The molecule has 164 valence electrons. The highest BCUT2D eigenvalue weighted by Crippen LogP contribution is 2.65. The molecule has 31 heavy (non-hydrogen) atoms. The monoisotopic (exact) mass is 434 g/mol. The number of anilines is 2. The van der Waals surface area contributed by atoms with Crippen LogP contribution in [0.1, 0.15) is 52.0 Å². The van der Waals surface area contributed by atoms with Crippen molar-refractivity contribution in [2.24, 2.45) is 35.0 Å². The van der Waals surface area contributed by atoms with Gasteiger partial charge in [-0.15, -0.1) is 0 Å². The fourth-order valence-electron chi connectivity index (χ4n) is 7.55. The van der Waals surface area contributed by atoms with Gasteiger partial charge in [-0.1, -0.05) is 45.0 Å². The number of aromatic nitrogens is 2. The molecule has 4 atom stereocenters. The first-order chi connectivity index (χ1) is 15.1. The second-order valence-electron chi connectivity index (χ2n) is 10.8. The maximum Gasteiger partial charge on any atom is 0.163 e. The molecular weight excluding hydrogens is 400 g/mol. The van der Waals surface area contributed by atoms with Crippen molar-refractivity contribution >= 4 is 23.3 Å². The van der Waals surface area contributed by atoms with E-state index in [0.29, 0.717) is 5.41 Å². The van der Waals surface area contributed by atoms with Crippen molar-refractivity contribution in [3.8, 4) is 0 Å². The Kier molecular flexibility index (Phi) is 4.84. The van der Waals surface area contributed by atoms with Crippen molar-refractivity contribution in [2.45, 2.75) is 62.9 Å². The van der Waals surface area contributed by atoms with E-state index in [1.807, 2.05) is 0 Å². The van der Waals surface area contributed by atoms with Crippen LogP contribution in [0.4, 0.5) is 11.5 Å². The van der Waals surface area contributed by atoms with Gasteiger partial charge in [-0.05, 0) is 72.0 Å². The fourth-order valence-corrected chi connectivity index (χ4v) is 8.43. The molecule has 4 unspecified atom stereocenters. The summed E-state index contributed by atoms with van der Waals surface area (Å²) >= 11 is 1.71. The smallest absolute Gasteiger partial charge is 0.163 e. The Labute approximate surface area is 190 Å². The van der Waals surface area contributed by atoms with Crippen LogP contribution in [0.2, 0.25) is 0 Å². The van der Waals surface area contributed by atoms with E-state index in [9.17, 15) is 0 Å². The quantitative estimate of drug-likeness (QED) is 0.530. The zero-order valence-electron chi connectivity index (χ0n) is 19.0. The maximum absolute atomic E-state index is 4.46. The molecule has 3 heterocycles. The molecule has 1 aromatic carbocycles. The number of hydrogen-bond acceptors (Lipinski definition) is 5. The second kappa shape index (κ2) is 7.48. The van der Waals surface area contributed by atoms with Crippen LogP contribution in [0.15, 0.2) is 40.5 Å². The number of likely N-dealkylation sites (tertiary alicyclic amines) is 1. The Morgan fingerprint density at radius 1 is 1.10 bits per heavy atom. The molecule has 3 fully saturated rings. The molecule has 5 heteroatoms. The predicted octanol–water partition coefficient (Wildman–Crippen LogP) is 6.22. The number of nitrogens with zero attached hydrogens (tertiary/aromatic N) is 3. The first-order valence-corrected chi connectivity index (χ1v) is 13.0. The number of nitrogens with one attached hydrogen (secondary N) is 1. The maximum atomic E-state index is 4.46. The minimum Gasteiger partial charge on any atom is -0.337 e. The lowest BCUT2D eigenvalue weighted by Crippen LogP contribution is -2.64. The molecule has 2 aliphatic carbocycles. The van der Waals surface area contributed by atoms with Gasteiger partial charge in [0.25, 0.3) is 0 Å². The molecule has 2 bridgehead atoms. The fraction of sp³-hybridized carbons (Fsp3) is 0.615. The first-order valence-electron chi connectivity index (χ1n) is 12.2. The Hall–Kier alpha value is -1.59. The lowest BCUT2D eigenvalue weighted by Gasteiger charge is -2.67. The summed E-state index contributed by atoms with van der Waals surface area (Å²) in [6.07, 6.45) is 9.34. The normalized spacial score (nSPS) is 36.3. The molecule has 0 radical (unpaired) electrons. The van der Waals surface area contributed by atoms with Crippen LogP contribution in [0.3, 0.4) is 0 Å². The number of fused-ring (bicyclic) bond motifs is 2. The van der Waals surface area contributed by atoms with Gasteiger partial charge in [0, 0.05) is 36.9 Å². The summed E-state index contributed by atoms with van der Waals surface area (Å²) < 4.78 is 0. The Morgan fingerprint density at radius 3 is 2.58 bits per heavy atom. The molecule has 4 aliphatic rings. The van der Waals surface area contributed by atoms with Crippen molar-refractivity contribution in [1.82, 2.24) is 14.9 Å². The molecule has 6 rings (SSSR count). The summed E-state index contributed by atoms with van der Waals surface area (Å²) in [5.74, 6) is 5.37. The zero-order chi connectivity index (χ0) is 21.2. The summed E-state index contributed by atoms with van der Waals surface area (Å²) in [5.41, 5.74) is 3.24. The summed E-state index contributed by atoms with van der Waals surface area (Å²) in [5, 5.41) is 4.47. The Balaban J connectivity index is 1.21. The van der Waals surface area contributed by atoms with Crippen molar-refractivity contribution < 1.29 is 0 Å². The van der Waals surface area contributed by atoms with Gasteiger partial charge in [0.1, 0.15) is 5.03 Å². The van der Waals surface area contributed by atoms with Gasteiger partial charge >= 0.3 is 0 Å². The van der Waals surface area contributed by atoms with Gasteiger partial charge in [0.2, 0.25) is 0 Å². The molecule has 1 aromatic heterocycles. The van der Waals surface area contributed by atoms with Crippen LogP contribution in [0.25, 0.3) is 0 Å². The third-order valence-corrected chi connectivity index (χ3v) is 10.1. The number of piperidine rings is 1. The summed E-state index contributed by atoms with van der Waals surface area (Å²) in [6.45, 7) is 11.1. The molecular formula is C26H34N4S. The van der Waals surface area contributed by atoms with E-state index >= 15 is 0 Å². The molecule has 0 amide bonds. The van der Waals surface area contributed by atoms with Gasteiger partial charge in [-0.2, -0.15) is 0 Å². The Bertz CT molecular complexity index is 965. The highest BCUT2D eigenvalue weighted by Gasteiger charge is 2.60. The van der Waals surface area contributed by atoms with Crippen LogP contribution < -0.4 is 5.32 Å². The van der Waals surface area contributed by atoms with E-state index < -0.39 is 0 Å². The highest BCUT2D eigenvalue weighted by molar-refractivity contribution is 7.99. The molecule has 2 aromatic rings. The van der Waals surface area contributed by atoms with Crippen molar-refractivity contribution in [3.63, 3.8) is 0 Å². The average molecular weight is 435 g/mol. The van der Waals surface area contributed by atoms with Crippen LogP contribution in [-0.2, 0) is 6.54 Å². The number of hydrogen-bond donors (Lipinski definition) is 1. The van der Waals surface area contributed by atoms with E-state index in [2.05, 4.69) is 59.2 Å². The van der Waals surface area contributed by atoms with E-state index in [1.54, 1.807) is 24.2 Å². The molecule has 1 saturated heterocycles. The summed E-state index contributed by atoms with van der Waals surface area (Å²) in [7, 11) is 0. The van der Waals surface area contributed by atoms with Gasteiger partial charge in [-0.3, -0.25) is 4.90 Å². The lowest BCUT2D eigenvalue weighted by atomic mass is 9.41. The predicted molar refractivity (Wildman–Crippen MR) is 127 cm³/mol. The third kappa shape index (κ3) is 3.22. The molecule has 4 nitrogen and oxygen atoms in total.